The maximum absolute atomic E-state index is 12.0. The number of ether oxygens (including phenoxy) is 2. The second kappa shape index (κ2) is 11.3. The molecule has 2 aromatic carbocycles. The van der Waals surface area contributed by atoms with Crippen molar-refractivity contribution in [1.29, 1.82) is 0 Å². The lowest BCUT2D eigenvalue weighted by Gasteiger charge is -2.08. The van der Waals surface area contributed by atoms with Gasteiger partial charge >= 0.3 is 5.97 Å². The van der Waals surface area contributed by atoms with Gasteiger partial charge in [0, 0.05) is 6.42 Å². The van der Waals surface area contributed by atoms with E-state index in [1.165, 1.54) is 25.7 Å². The standard InChI is InChI=1S/C22H28O3/c1-2-3-4-5-9-17-24-21-14-12-20(13-15-21)22(23)25-18-16-19-10-7-6-8-11-19/h6-8,10-15H,2-5,9,16-18H2,1H3. The maximum Gasteiger partial charge on any atom is 0.338 e. The van der Waals surface area contributed by atoms with E-state index in [9.17, 15) is 4.79 Å². The van der Waals surface area contributed by atoms with Gasteiger partial charge in [0.05, 0.1) is 18.8 Å². The Labute approximate surface area is 151 Å². The molecule has 0 amide bonds. The molecule has 0 aromatic heterocycles. The van der Waals surface area contributed by atoms with Gasteiger partial charge in [0.25, 0.3) is 0 Å². The van der Waals surface area contributed by atoms with Gasteiger partial charge in [-0.25, -0.2) is 4.79 Å². The number of benzene rings is 2. The van der Waals surface area contributed by atoms with Crippen molar-refractivity contribution in [2.24, 2.45) is 0 Å². The summed E-state index contributed by atoms with van der Waals surface area (Å²) in [5.41, 5.74) is 1.72. The number of esters is 1. The van der Waals surface area contributed by atoms with E-state index in [1.807, 2.05) is 42.5 Å². The fraction of sp³-hybridized carbons (Fsp3) is 0.409. The molecule has 0 radical (unpaired) electrons. The fourth-order valence-corrected chi connectivity index (χ4v) is 2.57. The molecule has 0 bridgehead atoms. The maximum atomic E-state index is 12.0. The lowest BCUT2D eigenvalue weighted by atomic mass is 10.1. The highest BCUT2D eigenvalue weighted by molar-refractivity contribution is 5.89. The predicted octanol–water partition coefficient (Wildman–Crippen LogP) is 5.44. The molecule has 0 saturated carbocycles. The van der Waals surface area contributed by atoms with Crippen LogP contribution < -0.4 is 4.74 Å². The molecule has 3 heteroatoms. The molecule has 0 saturated heterocycles. The summed E-state index contributed by atoms with van der Waals surface area (Å²) in [6, 6.07) is 17.2. The smallest absolute Gasteiger partial charge is 0.338 e. The summed E-state index contributed by atoms with van der Waals surface area (Å²) in [4.78, 5) is 12.0. The summed E-state index contributed by atoms with van der Waals surface area (Å²) in [6.07, 6.45) is 6.83. The number of rotatable bonds is 11. The molecule has 3 nitrogen and oxygen atoms in total. The molecule has 134 valence electrons. The van der Waals surface area contributed by atoms with Crippen LogP contribution in [0, 0.1) is 0 Å². The van der Waals surface area contributed by atoms with Crippen LogP contribution in [0.2, 0.25) is 0 Å². The van der Waals surface area contributed by atoms with Crippen LogP contribution in [0.25, 0.3) is 0 Å². The molecule has 25 heavy (non-hydrogen) atoms. The van der Waals surface area contributed by atoms with Crippen LogP contribution in [0.5, 0.6) is 5.75 Å². The highest BCUT2D eigenvalue weighted by atomic mass is 16.5. The van der Waals surface area contributed by atoms with E-state index in [2.05, 4.69) is 6.92 Å². The van der Waals surface area contributed by atoms with E-state index in [0.717, 1.165) is 30.8 Å². The molecular weight excluding hydrogens is 312 g/mol. The van der Waals surface area contributed by atoms with Gasteiger partial charge in [-0.2, -0.15) is 0 Å². The van der Waals surface area contributed by atoms with E-state index in [0.29, 0.717) is 12.2 Å². The Morgan fingerprint density at radius 2 is 1.56 bits per heavy atom. The highest BCUT2D eigenvalue weighted by Crippen LogP contribution is 2.14. The second-order valence-corrected chi connectivity index (χ2v) is 6.16. The zero-order valence-corrected chi connectivity index (χ0v) is 15.1. The lowest BCUT2D eigenvalue weighted by Crippen LogP contribution is -2.08. The van der Waals surface area contributed by atoms with Crippen LogP contribution in [-0.4, -0.2) is 19.2 Å². The Bertz CT molecular complexity index is 605. The summed E-state index contributed by atoms with van der Waals surface area (Å²) in [6.45, 7) is 3.33. The van der Waals surface area contributed by atoms with Gasteiger partial charge in [-0.15, -0.1) is 0 Å². The fourth-order valence-electron chi connectivity index (χ4n) is 2.57. The summed E-state index contributed by atoms with van der Waals surface area (Å²) < 4.78 is 11.0. The minimum absolute atomic E-state index is 0.290. The van der Waals surface area contributed by atoms with Crippen LogP contribution in [0.3, 0.4) is 0 Å². The van der Waals surface area contributed by atoms with Crippen LogP contribution in [-0.2, 0) is 11.2 Å². The molecule has 0 heterocycles. The minimum atomic E-state index is -0.290. The third-order valence-electron chi connectivity index (χ3n) is 4.07. The number of unbranched alkanes of at least 4 members (excludes halogenated alkanes) is 4. The Morgan fingerprint density at radius 3 is 2.28 bits per heavy atom. The zero-order valence-electron chi connectivity index (χ0n) is 15.1. The Balaban J connectivity index is 1.67. The first-order valence-electron chi connectivity index (χ1n) is 9.23. The van der Waals surface area contributed by atoms with Crippen molar-refractivity contribution in [3.63, 3.8) is 0 Å². The molecule has 0 atom stereocenters. The Kier molecular flexibility index (Phi) is 8.60. The second-order valence-electron chi connectivity index (χ2n) is 6.16. The first-order chi connectivity index (χ1) is 12.3. The highest BCUT2D eigenvalue weighted by Gasteiger charge is 2.07. The lowest BCUT2D eigenvalue weighted by molar-refractivity contribution is 0.0509. The largest absolute Gasteiger partial charge is 0.494 e. The van der Waals surface area contributed by atoms with E-state index >= 15 is 0 Å². The molecule has 0 aliphatic carbocycles. The van der Waals surface area contributed by atoms with Crippen molar-refractivity contribution >= 4 is 5.97 Å². The first-order valence-corrected chi connectivity index (χ1v) is 9.23. The quantitative estimate of drug-likeness (QED) is 0.404. The third-order valence-corrected chi connectivity index (χ3v) is 4.07. The van der Waals surface area contributed by atoms with Crippen molar-refractivity contribution < 1.29 is 14.3 Å². The average Bonchev–Trinajstić information content (AvgIpc) is 2.66. The molecule has 2 rings (SSSR count). The van der Waals surface area contributed by atoms with Crippen molar-refractivity contribution in [3.05, 3.63) is 65.7 Å². The van der Waals surface area contributed by atoms with Gasteiger partial charge in [-0.1, -0.05) is 62.9 Å². The van der Waals surface area contributed by atoms with Gasteiger partial charge in [-0.3, -0.25) is 0 Å². The van der Waals surface area contributed by atoms with E-state index in [-0.39, 0.29) is 5.97 Å². The zero-order chi connectivity index (χ0) is 17.7. The molecule has 0 aliphatic heterocycles. The number of carbonyl (C=O) groups excluding carboxylic acids is 1. The van der Waals surface area contributed by atoms with Crippen molar-refractivity contribution in [2.45, 2.75) is 45.4 Å². The van der Waals surface area contributed by atoms with Gasteiger partial charge in [0.1, 0.15) is 5.75 Å². The molecule has 0 aliphatic rings. The molecular formula is C22H28O3. The predicted molar refractivity (Wildman–Crippen MR) is 101 cm³/mol. The van der Waals surface area contributed by atoms with E-state index < -0.39 is 0 Å². The minimum Gasteiger partial charge on any atom is -0.494 e. The molecule has 0 N–H and O–H groups in total. The van der Waals surface area contributed by atoms with E-state index in [4.69, 9.17) is 9.47 Å². The summed E-state index contributed by atoms with van der Waals surface area (Å²) in [7, 11) is 0. The molecule has 0 unspecified atom stereocenters. The van der Waals surface area contributed by atoms with Gasteiger partial charge < -0.3 is 9.47 Å². The van der Waals surface area contributed by atoms with Crippen molar-refractivity contribution in [3.8, 4) is 5.75 Å². The Hall–Kier alpha value is -2.29. The Morgan fingerprint density at radius 1 is 0.840 bits per heavy atom. The van der Waals surface area contributed by atoms with E-state index in [1.54, 1.807) is 12.1 Å². The number of hydrogen-bond acceptors (Lipinski definition) is 3. The van der Waals surface area contributed by atoms with Crippen LogP contribution >= 0.6 is 0 Å². The number of hydrogen-bond donors (Lipinski definition) is 0. The SMILES string of the molecule is CCCCCCCOc1ccc(C(=O)OCCc2ccccc2)cc1. The van der Waals surface area contributed by atoms with Gasteiger partial charge in [0.2, 0.25) is 0 Å². The van der Waals surface area contributed by atoms with Gasteiger partial charge in [-0.05, 0) is 36.2 Å². The summed E-state index contributed by atoms with van der Waals surface area (Å²) in [5, 5.41) is 0. The molecule has 0 fully saturated rings. The van der Waals surface area contributed by atoms with Crippen LogP contribution in [0.4, 0.5) is 0 Å². The van der Waals surface area contributed by atoms with Crippen molar-refractivity contribution in [1.82, 2.24) is 0 Å². The number of carbonyl (C=O) groups is 1. The van der Waals surface area contributed by atoms with Gasteiger partial charge in [0.15, 0.2) is 0 Å². The topological polar surface area (TPSA) is 35.5 Å². The van der Waals surface area contributed by atoms with Crippen LogP contribution in [0.1, 0.15) is 54.9 Å². The third kappa shape index (κ3) is 7.42. The molecule has 0 spiro atoms. The van der Waals surface area contributed by atoms with Crippen molar-refractivity contribution in [2.75, 3.05) is 13.2 Å². The monoisotopic (exact) mass is 340 g/mol. The summed E-state index contributed by atoms with van der Waals surface area (Å²) >= 11 is 0. The first kappa shape index (κ1) is 19.0. The molecule has 2 aromatic rings. The van der Waals surface area contributed by atoms with Crippen LogP contribution in [0.15, 0.2) is 54.6 Å². The summed E-state index contributed by atoms with van der Waals surface area (Å²) in [5.74, 6) is 0.512. The average molecular weight is 340 g/mol. The normalized spacial score (nSPS) is 10.4.